The molecular formula is C13H20O4. The van der Waals surface area contributed by atoms with E-state index in [9.17, 15) is 15.0 Å². The van der Waals surface area contributed by atoms with Crippen LogP contribution in [0.1, 0.15) is 61.9 Å². The maximum absolute atomic E-state index is 11.0. The Morgan fingerprint density at radius 3 is 2.59 bits per heavy atom. The molecule has 4 nitrogen and oxygen atoms in total. The van der Waals surface area contributed by atoms with Crippen LogP contribution in [-0.2, 0) is 0 Å². The van der Waals surface area contributed by atoms with E-state index in [4.69, 9.17) is 4.42 Å². The molecule has 0 saturated heterocycles. The second-order valence-corrected chi connectivity index (χ2v) is 4.27. The van der Waals surface area contributed by atoms with Gasteiger partial charge in [-0.25, -0.2) is 0 Å². The quantitative estimate of drug-likeness (QED) is 0.567. The lowest BCUT2D eigenvalue weighted by atomic mass is 10.0. The Morgan fingerprint density at radius 2 is 2.06 bits per heavy atom. The number of carbonyl (C=O) groups is 1. The van der Waals surface area contributed by atoms with E-state index in [-0.39, 0.29) is 17.3 Å². The zero-order valence-electron chi connectivity index (χ0n) is 10.3. The van der Waals surface area contributed by atoms with Crippen LogP contribution in [-0.4, -0.2) is 22.1 Å². The van der Waals surface area contributed by atoms with Crippen molar-refractivity contribution in [1.29, 1.82) is 0 Å². The van der Waals surface area contributed by atoms with Crippen LogP contribution in [0.25, 0.3) is 0 Å². The number of hydrogen-bond acceptors (Lipinski definition) is 4. The van der Waals surface area contributed by atoms with Gasteiger partial charge in [0.05, 0.1) is 6.10 Å². The third kappa shape index (κ3) is 3.98. The molecule has 1 heterocycles. The van der Waals surface area contributed by atoms with Gasteiger partial charge in [-0.15, -0.1) is 0 Å². The lowest BCUT2D eigenvalue weighted by Crippen LogP contribution is -2.17. The molecule has 0 saturated carbocycles. The Labute approximate surface area is 101 Å². The van der Waals surface area contributed by atoms with Gasteiger partial charge in [0.2, 0.25) is 0 Å². The molecule has 2 N–H and O–H groups in total. The maximum atomic E-state index is 11.0. The summed E-state index contributed by atoms with van der Waals surface area (Å²) >= 11 is 0. The zero-order chi connectivity index (χ0) is 12.8. The molecule has 0 aliphatic heterocycles. The normalized spacial score (nSPS) is 14.6. The first-order chi connectivity index (χ1) is 8.06. The van der Waals surface area contributed by atoms with Crippen molar-refractivity contribution in [2.24, 2.45) is 0 Å². The largest absolute Gasteiger partial charge is 0.455 e. The number of carbonyl (C=O) groups excluding carboxylic acids is 1. The van der Waals surface area contributed by atoms with Gasteiger partial charge in [-0.3, -0.25) is 4.79 Å². The monoisotopic (exact) mass is 240 g/mol. The molecule has 0 radical (unpaired) electrons. The minimum atomic E-state index is -1.06. The van der Waals surface area contributed by atoms with Gasteiger partial charge in [0.15, 0.2) is 11.5 Å². The number of ketones is 1. The van der Waals surface area contributed by atoms with Gasteiger partial charge in [0, 0.05) is 6.92 Å². The molecule has 96 valence electrons. The van der Waals surface area contributed by atoms with Gasteiger partial charge in [0.1, 0.15) is 11.9 Å². The zero-order valence-corrected chi connectivity index (χ0v) is 10.3. The Hall–Kier alpha value is -1.13. The lowest BCUT2D eigenvalue weighted by molar-refractivity contribution is -0.000720. The topological polar surface area (TPSA) is 70.7 Å². The fourth-order valence-electron chi connectivity index (χ4n) is 1.65. The van der Waals surface area contributed by atoms with Crippen LogP contribution in [0.2, 0.25) is 0 Å². The van der Waals surface area contributed by atoms with Gasteiger partial charge in [-0.05, 0) is 18.6 Å². The first kappa shape index (κ1) is 13.9. The fourth-order valence-corrected chi connectivity index (χ4v) is 1.65. The number of furan rings is 1. The standard InChI is InChI=1S/C13H20O4/c1-3-4-5-6-10(15)13(16)12-8-7-11(17-12)9(2)14/h7-8,10,13,15-16H,3-6H2,1-2H3. The summed E-state index contributed by atoms with van der Waals surface area (Å²) in [5.74, 6) is 0.267. The predicted octanol–water partition coefficient (Wildman–Crippen LogP) is 2.46. The van der Waals surface area contributed by atoms with Crippen LogP contribution in [0, 0.1) is 0 Å². The Morgan fingerprint density at radius 1 is 1.35 bits per heavy atom. The molecule has 2 unspecified atom stereocenters. The molecule has 17 heavy (non-hydrogen) atoms. The molecule has 0 amide bonds. The minimum absolute atomic E-state index is 0.191. The van der Waals surface area contributed by atoms with Crippen molar-refractivity contribution >= 4 is 5.78 Å². The number of aliphatic hydroxyl groups is 2. The molecule has 1 rings (SSSR count). The molecule has 0 fully saturated rings. The highest BCUT2D eigenvalue weighted by Gasteiger charge is 2.21. The Kier molecular flexibility index (Phi) is 5.38. The van der Waals surface area contributed by atoms with Crippen LogP contribution >= 0.6 is 0 Å². The minimum Gasteiger partial charge on any atom is -0.455 e. The maximum Gasteiger partial charge on any atom is 0.194 e. The van der Waals surface area contributed by atoms with Crippen molar-refractivity contribution in [3.05, 3.63) is 23.7 Å². The van der Waals surface area contributed by atoms with Crippen molar-refractivity contribution in [3.8, 4) is 0 Å². The Bertz CT molecular complexity index is 356. The predicted molar refractivity (Wildman–Crippen MR) is 63.8 cm³/mol. The molecule has 0 aromatic carbocycles. The van der Waals surface area contributed by atoms with Gasteiger partial charge in [-0.1, -0.05) is 26.2 Å². The van der Waals surface area contributed by atoms with Crippen molar-refractivity contribution < 1.29 is 19.4 Å². The molecule has 0 aliphatic carbocycles. The van der Waals surface area contributed by atoms with E-state index in [2.05, 4.69) is 6.92 Å². The smallest absolute Gasteiger partial charge is 0.194 e. The average molecular weight is 240 g/mol. The van der Waals surface area contributed by atoms with Crippen molar-refractivity contribution in [1.82, 2.24) is 0 Å². The SMILES string of the molecule is CCCCCC(O)C(O)c1ccc(C(C)=O)o1. The van der Waals surface area contributed by atoms with E-state index in [0.717, 1.165) is 19.3 Å². The van der Waals surface area contributed by atoms with Crippen molar-refractivity contribution in [2.75, 3.05) is 0 Å². The molecule has 2 atom stereocenters. The number of hydrogen-bond donors (Lipinski definition) is 2. The Balaban J connectivity index is 2.55. The van der Waals surface area contributed by atoms with Crippen LogP contribution in [0.3, 0.4) is 0 Å². The van der Waals surface area contributed by atoms with E-state index in [1.54, 1.807) is 0 Å². The van der Waals surface area contributed by atoms with E-state index in [0.29, 0.717) is 6.42 Å². The summed E-state index contributed by atoms with van der Waals surface area (Å²) in [6.45, 7) is 3.47. The summed E-state index contributed by atoms with van der Waals surface area (Å²) < 4.78 is 5.17. The van der Waals surface area contributed by atoms with E-state index in [1.165, 1.54) is 19.1 Å². The summed E-state index contributed by atoms with van der Waals surface area (Å²) in [5.41, 5.74) is 0. The van der Waals surface area contributed by atoms with E-state index in [1.807, 2.05) is 0 Å². The second-order valence-electron chi connectivity index (χ2n) is 4.27. The van der Waals surface area contributed by atoms with Crippen LogP contribution in [0.15, 0.2) is 16.5 Å². The molecule has 0 spiro atoms. The highest BCUT2D eigenvalue weighted by atomic mass is 16.4. The number of Topliss-reactive ketones (excluding diaryl/α,β-unsaturated/α-hetero) is 1. The van der Waals surface area contributed by atoms with E-state index >= 15 is 0 Å². The summed E-state index contributed by atoms with van der Waals surface area (Å²) in [6, 6.07) is 3.05. The van der Waals surface area contributed by atoms with Crippen molar-refractivity contribution in [2.45, 2.75) is 51.7 Å². The molecular weight excluding hydrogens is 220 g/mol. The average Bonchev–Trinajstić information content (AvgIpc) is 2.77. The number of unbranched alkanes of at least 4 members (excludes halogenated alkanes) is 2. The highest BCUT2D eigenvalue weighted by molar-refractivity contribution is 5.91. The first-order valence-electron chi connectivity index (χ1n) is 6.03. The summed E-state index contributed by atoms with van der Waals surface area (Å²) in [7, 11) is 0. The van der Waals surface area contributed by atoms with Crippen LogP contribution in [0.5, 0.6) is 0 Å². The van der Waals surface area contributed by atoms with Gasteiger partial charge < -0.3 is 14.6 Å². The van der Waals surface area contributed by atoms with Crippen LogP contribution < -0.4 is 0 Å². The number of rotatable bonds is 7. The van der Waals surface area contributed by atoms with Gasteiger partial charge >= 0.3 is 0 Å². The molecule has 0 bridgehead atoms. The summed E-state index contributed by atoms with van der Waals surface area (Å²) in [5, 5.41) is 19.6. The van der Waals surface area contributed by atoms with Gasteiger partial charge in [-0.2, -0.15) is 0 Å². The van der Waals surface area contributed by atoms with Gasteiger partial charge in [0.25, 0.3) is 0 Å². The lowest BCUT2D eigenvalue weighted by Gasteiger charge is -2.15. The fraction of sp³-hybridized carbons (Fsp3) is 0.615. The molecule has 1 aromatic rings. The van der Waals surface area contributed by atoms with Crippen molar-refractivity contribution in [3.63, 3.8) is 0 Å². The molecule has 4 heteroatoms. The first-order valence-corrected chi connectivity index (χ1v) is 6.03. The second kappa shape index (κ2) is 6.57. The van der Waals surface area contributed by atoms with E-state index < -0.39 is 12.2 Å². The third-order valence-corrected chi connectivity index (χ3v) is 2.73. The third-order valence-electron chi connectivity index (χ3n) is 2.73. The number of aliphatic hydroxyl groups excluding tert-OH is 2. The summed E-state index contributed by atoms with van der Waals surface area (Å²) in [6.07, 6.45) is 1.60. The van der Waals surface area contributed by atoms with Crippen LogP contribution in [0.4, 0.5) is 0 Å². The summed E-state index contributed by atoms with van der Waals surface area (Å²) in [4.78, 5) is 11.0. The highest BCUT2D eigenvalue weighted by Crippen LogP contribution is 2.23. The molecule has 1 aromatic heterocycles. The molecule has 0 aliphatic rings.